The van der Waals surface area contributed by atoms with Gasteiger partial charge in [-0.2, -0.15) is 0 Å². The van der Waals surface area contributed by atoms with Crippen LogP contribution in [0.2, 0.25) is 0 Å². The fourth-order valence-electron chi connectivity index (χ4n) is 3.87. The molecule has 0 radical (unpaired) electrons. The van der Waals surface area contributed by atoms with Gasteiger partial charge in [-0.05, 0) is 63.7 Å². The molecule has 0 aromatic heterocycles. The van der Waals surface area contributed by atoms with Crippen LogP contribution < -0.4 is 5.32 Å². The molecular formula is C30H23N. The summed E-state index contributed by atoms with van der Waals surface area (Å²) in [4.78, 5) is 0. The maximum atomic E-state index is 3.63. The minimum absolute atomic E-state index is 1.07. The van der Waals surface area contributed by atoms with Crippen LogP contribution in [0, 0.1) is 0 Å². The highest BCUT2D eigenvalue weighted by molar-refractivity contribution is 5.80. The topological polar surface area (TPSA) is 12.0 Å². The first-order valence-corrected chi connectivity index (χ1v) is 10.5. The molecule has 0 aliphatic rings. The summed E-state index contributed by atoms with van der Waals surface area (Å²) in [5.41, 5.74) is 9.38. The maximum absolute atomic E-state index is 3.63. The maximum Gasteiger partial charge on any atom is 0.0396 e. The van der Waals surface area contributed by atoms with Crippen LogP contribution in [0.1, 0.15) is 0 Å². The molecule has 31 heavy (non-hydrogen) atoms. The molecule has 0 atom stereocenters. The Hall–Kier alpha value is -4.10. The van der Waals surface area contributed by atoms with Crippen molar-refractivity contribution in [3.8, 4) is 33.4 Å². The number of benzene rings is 5. The Morgan fingerprint density at radius 1 is 0.290 bits per heavy atom. The molecule has 5 aromatic rings. The van der Waals surface area contributed by atoms with Crippen LogP contribution in [-0.2, 0) is 0 Å². The molecule has 0 unspecified atom stereocenters. The highest BCUT2D eigenvalue weighted by atomic mass is 14.9. The summed E-state index contributed by atoms with van der Waals surface area (Å²) in [6.07, 6.45) is 0. The third kappa shape index (κ3) is 4.41. The van der Waals surface area contributed by atoms with E-state index < -0.39 is 0 Å². The number of hydrogen-bond donors (Lipinski definition) is 1. The van der Waals surface area contributed by atoms with Gasteiger partial charge in [-0.25, -0.2) is 0 Å². The third-order valence-corrected chi connectivity index (χ3v) is 5.41. The van der Waals surface area contributed by atoms with Crippen molar-refractivity contribution in [1.29, 1.82) is 0 Å². The molecular weight excluding hydrogens is 374 g/mol. The first-order chi connectivity index (χ1) is 15.3. The van der Waals surface area contributed by atoms with E-state index in [-0.39, 0.29) is 0 Å². The summed E-state index contributed by atoms with van der Waals surface area (Å²) < 4.78 is 0. The van der Waals surface area contributed by atoms with E-state index in [0.29, 0.717) is 0 Å². The lowest BCUT2D eigenvalue weighted by atomic mass is 9.98. The summed E-state index contributed by atoms with van der Waals surface area (Å²) in [5.74, 6) is 0. The first kappa shape index (κ1) is 18.9. The van der Waals surface area contributed by atoms with Gasteiger partial charge in [0.1, 0.15) is 0 Å². The zero-order valence-electron chi connectivity index (χ0n) is 17.2. The van der Waals surface area contributed by atoms with Crippen molar-refractivity contribution in [3.05, 3.63) is 133 Å². The van der Waals surface area contributed by atoms with Gasteiger partial charge >= 0.3 is 0 Å². The third-order valence-electron chi connectivity index (χ3n) is 5.41. The van der Waals surface area contributed by atoms with Gasteiger partial charge < -0.3 is 5.32 Å². The summed E-state index contributed by atoms with van der Waals surface area (Å²) in [5, 5.41) is 3.63. The van der Waals surface area contributed by atoms with Gasteiger partial charge in [0.05, 0.1) is 0 Å². The predicted molar refractivity (Wildman–Crippen MR) is 132 cm³/mol. The van der Waals surface area contributed by atoms with Crippen molar-refractivity contribution in [2.24, 2.45) is 0 Å². The Kier molecular flexibility index (Phi) is 5.32. The number of hydrogen-bond acceptors (Lipinski definition) is 1. The predicted octanol–water partition coefficient (Wildman–Crippen LogP) is 8.43. The molecule has 148 valence electrons. The van der Waals surface area contributed by atoms with Gasteiger partial charge in [-0.1, -0.05) is 103 Å². The summed E-state index contributed by atoms with van der Waals surface area (Å²) in [6.45, 7) is 0. The molecule has 1 nitrogen and oxygen atoms in total. The number of anilines is 2. The number of rotatable bonds is 5. The van der Waals surface area contributed by atoms with Crippen molar-refractivity contribution < 1.29 is 0 Å². The molecule has 1 N–H and O–H groups in total. The Bertz CT molecular complexity index is 1220. The van der Waals surface area contributed by atoms with Crippen LogP contribution in [0.3, 0.4) is 0 Å². The van der Waals surface area contributed by atoms with Crippen molar-refractivity contribution in [1.82, 2.24) is 0 Å². The molecule has 0 saturated heterocycles. The van der Waals surface area contributed by atoms with Crippen molar-refractivity contribution in [2.75, 3.05) is 5.32 Å². The van der Waals surface area contributed by atoms with Crippen LogP contribution in [-0.4, -0.2) is 0 Å². The molecule has 0 aliphatic carbocycles. The standard InChI is InChI=1S/C30H23N/c1-4-11-23(12-5-1)26-17-10-18-29(20-26)31-30-21-27(24-13-6-2-7-14-24)19-28(22-30)25-15-8-3-9-16-25/h1-22,31H. The number of nitrogens with one attached hydrogen (secondary N) is 1. The van der Waals surface area contributed by atoms with E-state index in [1.54, 1.807) is 0 Å². The van der Waals surface area contributed by atoms with E-state index in [0.717, 1.165) is 11.4 Å². The molecule has 5 aromatic carbocycles. The quantitative estimate of drug-likeness (QED) is 0.314. The highest BCUT2D eigenvalue weighted by Gasteiger charge is 2.07. The smallest absolute Gasteiger partial charge is 0.0396 e. The van der Waals surface area contributed by atoms with Gasteiger partial charge in [0.15, 0.2) is 0 Å². The van der Waals surface area contributed by atoms with Crippen molar-refractivity contribution in [2.45, 2.75) is 0 Å². The second kappa shape index (κ2) is 8.73. The summed E-state index contributed by atoms with van der Waals surface area (Å²) in [6, 6.07) is 46.8. The minimum atomic E-state index is 1.07. The molecule has 5 rings (SSSR count). The first-order valence-electron chi connectivity index (χ1n) is 10.5. The lowest BCUT2D eigenvalue weighted by Gasteiger charge is -2.13. The summed E-state index contributed by atoms with van der Waals surface area (Å²) in [7, 11) is 0. The van der Waals surface area contributed by atoms with E-state index in [4.69, 9.17) is 0 Å². The van der Waals surface area contributed by atoms with Gasteiger partial charge in [-0.15, -0.1) is 0 Å². The zero-order valence-corrected chi connectivity index (χ0v) is 17.2. The SMILES string of the molecule is c1ccc(-c2cccc(Nc3cc(-c4ccccc4)cc(-c4ccccc4)c3)c2)cc1. The van der Waals surface area contributed by atoms with Crippen LogP contribution in [0.5, 0.6) is 0 Å². The van der Waals surface area contributed by atoms with Gasteiger partial charge in [0.25, 0.3) is 0 Å². The Balaban J connectivity index is 1.55. The zero-order chi connectivity index (χ0) is 20.9. The normalized spacial score (nSPS) is 10.6. The fourth-order valence-corrected chi connectivity index (χ4v) is 3.87. The van der Waals surface area contributed by atoms with Crippen LogP contribution in [0.4, 0.5) is 11.4 Å². The lowest BCUT2D eigenvalue weighted by molar-refractivity contribution is 1.52. The van der Waals surface area contributed by atoms with Crippen LogP contribution in [0.25, 0.3) is 33.4 Å². The average molecular weight is 398 g/mol. The molecule has 0 fully saturated rings. The Morgan fingerprint density at radius 2 is 0.710 bits per heavy atom. The molecule has 1 heteroatoms. The van der Waals surface area contributed by atoms with Crippen molar-refractivity contribution in [3.63, 3.8) is 0 Å². The average Bonchev–Trinajstić information content (AvgIpc) is 2.86. The van der Waals surface area contributed by atoms with Crippen LogP contribution >= 0.6 is 0 Å². The molecule has 0 bridgehead atoms. The summed E-state index contributed by atoms with van der Waals surface area (Å²) >= 11 is 0. The second-order valence-corrected chi connectivity index (χ2v) is 7.60. The Morgan fingerprint density at radius 3 is 1.23 bits per heavy atom. The Labute approximate surface area is 183 Å². The van der Waals surface area contributed by atoms with Gasteiger partial charge in [0.2, 0.25) is 0 Å². The van der Waals surface area contributed by atoms with Gasteiger partial charge in [0, 0.05) is 11.4 Å². The highest BCUT2D eigenvalue weighted by Crippen LogP contribution is 2.32. The molecule has 0 amide bonds. The molecule has 0 aliphatic heterocycles. The molecule has 0 heterocycles. The molecule has 0 saturated carbocycles. The monoisotopic (exact) mass is 397 g/mol. The van der Waals surface area contributed by atoms with E-state index in [1.807, 2.05) is 6.07 Å². The fraction of sp³-hybridized carbons (Fsp3) is 0. The van der Waals surface area contributed by atoms with E-state index >= 15 is 0 Å². The van der Waals surface area contributed by atoms with Gasteiger partial charge in [-0.3, -0.25) is 0 Å². The van der Waals surface area contributed by atoms with Crippen LogP contribution in [0.15, 0.2) is 133 Å². The molecule has 0 spiro atoms. The minimum Gasteiger partial charge on any atom is -0.355 e. The van der Waals surface area contributed by atoms with E-state index in [9.17, 15) is 0 Å². The lowest BCUT2D eigenvalue weighted by Crippen LogP contribution is -1.93. The largest absolute Gasteiger partial charge is 0.355 e. The second-order valence-electron chi connectivity index (χ2n) is 7.60. The van der Waals surface area contributed by atoms with Crippen molar-refractivity contribution >= 4 is 11.4 Å². The van der Waals surface area contributed by atoms with E-state index in [2.05, 4.69) is 133 Å². The van der Waals surface area contributed by atoms with E-state index in [1.165, 1.54) is 33.4 Å².